The summed E-state index contributed by atoms with van der Waals surface area (Å²) >= 11 is 12.0. The first-order chi connectivity index (χ1) is 9.75. The molecule has 0 bridgehead atoms. The van der Waals surface area contributed by atoms with Gasteiger partial charge in [0.05, 0.1) is 5.02 Å². The quantitative estimate of drug-likeness (QED) is 0.785. The van der Waals surface area contributed by atoms with Crippen molar-refractivity contribution >= 4 is 33.2 Å². The highest BCUT2D eigenvalue weighted by molar-refractivity contribution is 7.89. The first-order valence-corrected chi connectivity index (χ1v) is 9.21. The molecule has 0 unspecified atom stereocenters. The highest BCUT2D eigenvalue weighted by Gasteiger charge is 2.31. The lowest BCUT2D eigenvalue weighted by Crippen LogP contribution is -2.47. The Morgan fingerprint density at radius 2 is 1.62 bits per heavy atom. The summed E-state index contributed by atoms with van der Waals surface area (Å²) < 4.78 is 28.1. The lowest BCUT2D eigenvalue weighted by atomic mass is 9.91. The number of halogens is 2. The van der Waals surface area contributed by atoms with Crippen LogP contribution < -0.4 is 10.5 Å². The SMILES string of the molecule is CCC(CC)(CC)NS(=O)(=O)c1cc(CN)c(Cl)cc1Cl. The van der Waals surface area contributed by atoms with E-state index in [0.717, 1.165) is 0 Å². The molecule has 1 rings (SSSR count). The summed E-state index contributed by atoms with van der Waals surface area (Å²) in [6, 6.07) is 2.87. The van der Waals surface area contributed by atoms with Crippen LogP contribution in [0.15, 0.2) is 17.0 Å². The van der Waals surface area contributed by atoms with Crippen molar-refractivity contribution in [3.63, 3.8) is 0 Å². The van der Waals surface area contributed by atoms with Crippen molar-refractivity contribution < 1.29 is 8.42 Å². The Morgan fingerprint density at radius 3 is 2.05 bits per heavy atom. The maximum atomic E-state index is 12.6. The predicted octanol–water partition coefficient (Wildman–Crippen LogP) is 3.70. The number of hydrogen-bond donors (Lipinski definition) is 2. The summed E-state index contributed by atoms with van der Waals surface area (Å²) in [5.41, 5.74) is 5.66. The van der Waals surface area contributed by atoms with Crippen LogP contribution >= 0.6 is 23.2 Å². The first-order valence-electron chi connectivity index (χ1n) is 6.97. The van der Waals surface area contributed by atoms with Gasteiger partial charge in [0.1, 0.15) is 4.90 Å². The smallest absolute Gasteiger partial charge is 0.242 e. The van der Waals surface area contributed by atoms with E-state index in [-0.39, 0.29) is 16.5 Å². The summed E-state index contributed by atoms with van der Waals surface area (Å²) in [4.78, 5) is 0.0220. The van der Waals surface area contributed by atoms with Gasteiger partial charge in [-0.25, -0.2) is 13.1 Å². The number of rotatable bonds is 7. The van der Waals surface area contributed by atoms with Crippen molar-refractivity contribution in [1.82, 2.24) is 4.72 Å². The molecule has 0 saturated heterocycles. The Balaban J connectivity index is 3.31. The second-order valence-electron chi connectivity index (χ2n) is 5.02. The molecule has 120 valence electrons. The van der Waals surface area contributed by atoms with E-state index in [0.29, 0.717) is 29.8 Å². The van der Waals surface area contributed by atoms with Gasteiger partial charge in [-0.2, -0.15) is 0 Å². The van der Waals surface area contributed by atoms with Crippen LogP contribution in [0, 0.1) is 0 Å². The average molecular weight is 353 g/mol. The van der Waals surface area contributed by atoms with Crippen molar-refractivity contribution in [3.8, 4) is 0 Å². The summed E-state index contributed by atoms with van der Waals surface area (Å²) in [6.07, 6.45) is 2.11. The van der Waals surface area contributed by atoms with Gasteiger partial charge in [-0.15, -0.1) is 0 Å². The van der Waals surface area contributed by atoms with Gasteiger partial charge in [0.2, 0.25) is 10.0 Å². The molecule has 0 aliphatic rings. The molecule has 1 aromatic carbocycles. The standard InChI is InChI=1S/C14H22Cl2N2O2S/c1-4-14(5-2,6-3)18-21(19,20)13-7-10(9-17)11(15)8-12(13)16/h7-8,18H,4-6,9,17H2,1-3H3. The van der Waals surface area contributed by atoms with Crippen LogP contribution in [0.3, 0.4) is 0 Å². The number of nitrogens with two attached hydrogens (primary N) is 1. The third-order valence-corrected chi connectivity index (χ3v) is 6.39. The minimum Gasteiger partial charge on any atom is -0.326 e. The van der Waals surface area contributed by atoms with Gasteiger partial charge < -0.3 is 5.73 Å². The van der Waals surface area contributed by atoms with E-state index in [2.05, 4.69) is 4.72 Å². The Morgan fingerprint density at radius 1 is 1.10 bits per heavy atom. The zero-order chi connectivity index (χ0) is 16.3. The maximum Gasteiger partial charge on any atom is 0.242 e. The Labute approximate surface area is 137 Å². The minimum atomic E-state index is -3.73. The first kappa shape index (κ1) is 18.7. The molecule has 0 radical (unpaired) electrons. The monoisotopic (exact) mass is 352 g/mol. The number of nitrogens with one attached hydrogen (secondary N) is 1. The highest BCUT2D eigenvalue weighted by Crippen LogP contribution is 2.30. The van der Waals surface area contributed by atoms with Crippen molar-refractivity contribution in [2.45, 2.75) is 57.0 Å². The molecule has 0 saturated carbocycles. The summed E-state index contributed by atoms with van der Waals surface area (Å²) in [7, 11) is -3.73. The fraction of sp³-hybridized carbons (Fsp3) is 0.571. The molecule has 3 N–H and O–H groups in total. The Bertz CT molecular complexity index is 591. The lowest BCUT2D eigenvalue weighted by molar-refractivity contribution is 0.341. The lowest BCUT2D eigenvalue weighted by Gasteiger charge is -2.31. The third-order valence-electron chi connectivity index (χ3n) is 3.99. The van der Waals surface area contributed by atoms with Gasteiger partial charge in [0.25, 0.3) is 0 Å². The fourth-order valence-corrected chi connectivity index (χ4v) is 4.73. The normalized spacial score (nSPS) is 12.7. The van der Waals surface area contributed by atoms with Crippen molar-refractivity contribution in [2.75, 3.05) is 0 Å². The molecule has 7 heteroatoms. The predicted molar refractivity (Wildman–Crippen MR) is 88.3 cm³/mol. The molecule has 0 aliphatic heterocycles. The topological polar surface area (TPSA) is 72.2 Å². The van der Waals surface area contributed by atoms with Gasteiger partial charge in [-0.3, -0.25) is 0 Å². The summed E-state index contributed by atoms with van der Waals surface area (Å²) in [6.45, 7) is 6.04. The third kappa shape index (κ3) is 4.11. The van der Waals surface area contributed by atoms with E-state index in [1.165, 1.54) is 12.1 Å². The minimum absolute atomic E-state index is 0.0220. The summed E-state index contributed by atoms with van der Waals surface area (Å²) in [5.74, 6) is 0. The van der Waals surface area contributed by atoms with Gasteiger partial charge in [-0.05, 0) is 37.0 Å². The van der Waals surface area contributed by atoms with E-state index in [1.807, 2.05) is 20.8 Å². The molecule has 0 fully saturated rings. The number of sulfonamides is 1. The van der Waals surface area contributed by atoms with Gasteiger partial charge >= 0.3 is 0 Å². The van der Waals surface area contributed by atoms with Gasteiger partial charge in [0.15, 0.2) is 0 Å². The van der Waals surface area contributed by atoms with Gasteiger partial charge in [-0.1, -0.05) is 44.0 Å². The molecule has 0 amide bonds. The highest BCUT2D eigenvalue weighted by atomic mass is 35.5. The Hall–Kier alpha value is -0.330. The number of benzene rings is 1. The average Bonchev–Trinajstić information content (AvgIpc) is 2.44. The molecule has 0 spiro atoms. The molecule has 0 atom stereocenters. The molecule has 21 heavy (non-hydrogen) atoms. The molecular formula is C14H22Cl2N2O2S. The van der Waals surface area contributed by atoms with Crippen LogP contribution in [0.4, 0.5) is 0 Å². The van der Waals surface area contributed by atoms with Crippen LogP contribution in [0.25, 0.3) is 0 Å². The molecule has 1 aromatic rings. The molecule has 0 aliphatic carbocycles. The summed E-state index contributed by atoms with van der Waals surface area (Å²) in [5, 5.41) is 0.469. The van der Waals surface area contributed by atoms with Crippen molar-refractivity contribution in [1.29, 1.82) is 0 Å². The molecular weight excluding hydrogens is 331 g/mol. The molecule has 0 heterocycles. The van der Waals surface area contributed by atoms with E-state index >= 15 is 0 Å². The van der Waals surface area contributed by atoms with Crippen molar-refractivity contribution in [3.05, 3.63) is 27.7 Å². The Kier molecular flexibility index (Phi) is 6.50. The van der Waals surface area contributed by atoms with E-state index in [9.17, 15) is 8.42 Å². The molecule has 4 nitrogen and oxygen atoms in total. The van der Waals surface area contributed by atoms with Crippen molar-refractivity contribution in [2.24, 2.45) is 5.73 Å². The second-order valence-corrected chi connectivity index (χ2v) is 7.49. The largest absolute Gasteiger partial charge is 0.326 e. The van der Waals surface area contributed by atoms with Crippen LogP contribution in [0.1, 0.15) is 45.6 Å². The van der Waals surface area contributed by atoms with Crippen LogP contribution in [-0.2, 0) is 16.6 Å². The van der Waals surface area contributed by atoms with E-state index in [4.69, 9.17) is 28.9 Å². The number of hydrogen-bond acceptors (Lipinski definition) is 3. The van der Waals surface area contributed by atoms with Gasteiger partial charge in [0, 0.05) is 17.1 Å². The second kappa shape index (κ2) is 7.29. The maximum absolute atomic E-state index is 12.6. The molecule has 0 aromatic heterocycles. The van der Waals surface area contributed by atoms with E-state index < -0.39 is 15.6 Å². The van der Waals surface area contributed by atoms with Crippen LogP contribution in [0.5, 0.6) is 0 Å². The van der Waals surface area contributed by atoms with E-state index in [1.54, 1.807) is 0 Å². The van der Waals surface area contributed by atoms with Crippen LogP contribution in [-0.4, -0.2) is 14.0 Å². The fourth-order valence-electron chi connectivity index (χ4n) is 2.24. The zero-order valence-electron chi connectivity index (χ0n) is 12.5. The van der Waals surface area contributed by atoms with Crippen LogP contribution in [0.2, 0.25) is 10.0 Å². The zero-order valence-corrected chi connectivity index (χ0v) is 14.9.